The van der Waals surface area contributed by atoms with Gasteiger partial charge in [-0.2, -0.15) is 0 Å². The molecule has 4 nitrogen and oxygen atoms in total. The standard InChI is InChI=1S/C72H82N4Si2/c1-43(2)77(44(3)4,45(5)6)37-35-55-19-23-57(24-20-55)69-59-27-31-63(73-59)71(67-51(15)39-49(13)40-52(67)16)65-33-29-61(75-65)70(58-25-21-56(22-26-58)36-38-78(46(7)8,47(9)10)48(11)12)62-30-34-66(76-62)72(64-32-28-60(69)74-64)68-53(17)41-50(14)42-54(68)18/h19-34,39-48,73,76H,1-18H3. The number of nitrogens with zero attached hydrogens (tertiary/aromatic N) is 2. The second kappa shape index (κ2) is 22.0. The maximum Gasteiger partial charge on any atom is 0.146 e. The summed E-state index contributed by atoms with van der Waals surface area (Å²) in [6.07, 6.45) is 8.82. The second-order valence-electron chi connectivity index (χ2n) is 24.5. The highest BCUT2D eigenvalue weighted by atomic mass is 28.3. The lowest BCUT2D eigenvalue weighted by molar-refractivity contribution is 0.838. The Labute approximate surface area is 469 Å². The fourth-order valence-electron chi connectivity index (χ4n) is 14.2. The first-order valence-electron chi connectivity index (χ1n) is 28.6. The molecule has 6 heteroatoms. The lowest BCUT2D eigenvalue weighted by Gasteiger charge is -2.38. The van der Waals surface area contributed by atoms with Crippen molar-refractivity contribution in [2.45, 2.75) is 158 Å². The quantitative estimate of drug-likeness (QED) is 0.106. The number of rotatable bonds is 10. The largest absolute Gasteiger partial charge is 0.354 e. The maximum absolute atomic E-state index is 5.68. The molecule has 2 aliphatic rings. The first-order chi connectivity index (χ1) is 37.0. The van der Waals surface area contributed by atoms with E-state index >= 15 is 0 Å². The van der Waals surface area contributed by atoms with Gasteiger partial charge in [-0.25, -0.2) is 9.97 Å². The van der Waals surface area contributed by atoms with Crippen LogP contribution in [0.15, 0.2) is 97.1 Å². The third-order valence-corrected chi connectivity index (χ3v) is 30.1. The van der Waals surface area contributed by atoms with E-state index in [9.17, 15) is 0 Å². The van der Waals surface area contributed by atoms with Gasteiger partial charge in [-0.3, -0.25) is 0 Å². The molecule has 0 unspecified atom stereocenters. The number of benzene rings is 4. The van der Waals surface area contributed by atoms with Crippen molar-refractivity contribution in [3.63, 3.8) is 0 Å². The van der Waals surface area contributed by atoms with Crippen LogP contribution in [0.1, 0.15) is 150 Å². The molecule has 2 aliphatic heterocycles. The lowest BCUT2D eigenvalue weighted by atomic mass is 9.92. The van der Waals surface area contributed by atoms with E-state index in [1.807, 2.05) is 0 Å². The molecule has 0 radical (unpaired) electrons. The van der Waals surface area contributed by atoms with Gasteiger partial charge in [-0.05, 0) is 192 Å². The third kappa shape index (κ3) is 10.2. The molecule has 3 aromatic heterocycles. The number of hydrogen-bond donors (Lipinski definition) is 2. The topological polar surface area (TPSA) is 57.4 Å². The van der Waals surface area contributed by atoms with Gasteiger partial charge in [0.2, 0.25) is 0 Å². The minimum absolute atomic E-state index is 0.559. The lowest BCUT2D eigenvalue weighted by Crippen LogP contribution is -2.43. The van der Waals surface area contributed by atoms with Crippen LogP contribution < -0.4 is 0 Å². The van der Waals surface area contributed by atoms with Crippen LogP contribution in [0.25, 0.3) is 90.9 Å². The zero-order valence-electron chi connectivity index (χ0n) is 49.9. The minimum atomic E-state index is -1.93. The summed E-state index contributed by atoms with van der Waals surface area (Å²) in [4.78, 5) is 19.4. The highest BCUT2D eigenvalue weighted by Gasteiger charge is 2.43. The van der Waals surface area contributed by atoms with Crippen LogP contribution in [-0.2, 0) is 0 Å². The van der Waals surface area contributed by atoms with E-state index in [2.05, 4.69) is 279 Å². The highest BCUT2D eigenvalue weighted by molar-refractivity contribution is 6.91. The number of aryl methyl sites for hydroxylation is 6. The van der Waals surface area contributed by atoms with Crippen molar-refractivity contribution in [3.05, 3.63) is 164 Å². The average Bonchev–Trinajstić information content (AvgIpc) is 4.31. The monoisotopic (exact) mass is 1060 g/mol. The molecular formula is C72H82N4Si2. The minimum Gasteiger partial charge on any atom is -0.354 e. The molecule has 0 saturated heterocycles. The normalized spacial score (nSPS) is 12.6. The van der Waals surface area contributed by atoms with Crippen molar-refractivity contribution < 1.29 is 0 Å². The molecule has 0 fully saturated rings. The van der Waals surface area contributed by atoms with Gasteiger partial charge in [0.1, 0.15) is 16.1 Å². The number of aromatic nitrogens is 4. The predicted octanol–water partition coefficient (Wildman–Crippen LogP) is 20.3. The molecular weight excluding hydrogens is 977 g/mol. The zero-order valence-corrected chi connectivity index (χ0v) is 51.9. The molecule has 4 aromatic carbocycles. The van der Waals surface area contributed by atoms with Crippen molar-refractivity contribution in [1.82, 2.24) is 19.9 Å². The van der Waals surface area contributed by atoms with E-state index < -0.39 is 16.1 Å². The number of nitrogens with one attached hydrogen (secondary N) is 2. The van der Waals surface area contributed by atoms with Crippen LogP contribution >= 0.6 is 0 Å². The Morgan fingerprint density at radius 2 is 0.590 bits per heavy atom. The third-order valence-electron chi connectivity index (χ3n) is 17.5. The Balaban J connectivity index is 1.37. The summed E-state index contributed by atoms with van der Waals surface area (Å²) in [5, 5.41) is 0. The molecule has 78 heavy (non-hydrogen) atoms. The highest BCUT2D eigenvalue weighted by Crippen LogP contribution is 2.44. The van der Waals surface area contributed by atoms with Crippen LogP contribution in [0, 0.1) is 64.5 Å². The summed E-state index contributed by atoms with van der Waals surface area (Å²) in [6.45, 7) is 41.8. The number of fused-ring (bicyclic) bond motifs is 8. The Morgan fingerprint density at radius 1 is 0.333 bits per heavy atom. The summed E-state index contributed by atoms with van der Waals surface area (Å²) in [6, 6.07) is 35.9. The number of hydrogen-bond acceptors (Lipinski definition) is 2. The van der Waals surface area contributed by atoms with E-state index in [0.29, 0.717) is 33.2 Å². The van der Waals surface area contributed by atoms with Gasteiger partial charge in [-0.1, -0.05) is 155 Å². The molecule has 9 rings (SSSR count). The summed E-state index contributed by atoms with van der Waals surface area (Å²) in [7, 11) is -3.86. The summed E-state index contributed by atoms with van der Waals surface area (Å²) < 4.78 is 0. The van der Waals surface area contributed by atoms with Gasteiger partial charge in [0.15, 0.2) is 0 Å². The van der Waals surface area contributed by atoms with Crippen molar-refractivity contribution in [1.29, 1.82) is 0 Å². The first-order valence-corrected chi connectivity index (χ1v) is 33.1. The predicted molar refractivity (Wildman–Crippen MR) is 345 cm³/mol. The SMILES string of the molecule is Cc1cc(C)c(-c2c3nc(c(-c4ccc(C#C[Si](C(C)C)(C(C)C)C(C)C)cc4)c4ccc([nH]4)c(-c4c(C)cc(C)cc4C)c4nc(c(-c5ccc(C#C[Si](C(C)C)(C(C)C)C(C)C)cc5)c5ccc2[nH]5)C=C4)C=C3)c(C)c1. The first kappa shape index (κ1) is 55.8. The Morgan fingerprint density at radius 3 is 0.859 bits per heavy atom. The molecule has 0 saturated carbocycles. The van der Waals surface area contributed by atoms with Crippen molar-refractivity contribution >= 4 is 62.5 Å². The molecule has 0 amide bonds. The number of H-pyrrole nitrogens is 2. The van der Waals surface area contributed by atoms with Crippen LogP contribution in [0.4, 0.5) is 0 Å². The number of aromatic amines is 2. The van der Waals surface area contributed by atoms with Gasteiger partial charge in [0, 0.05) is 55.4 Å². The Hall–Kier alpha value is -6.97. The van der Waals surface area contributed by atoms with Crippen LogP contribution in [0.5, 0.6) is 0 Å². The zero-order chi connectivity index (χ0) is 56.1. The molecule has 398 valence electrons. The van der Waals surface area contributed by atoms with E-state index in [1.54, 1.807) is 0 Å². The molecule has 2 N–H and O–H groups in total. The van der Waals surface area contributed by atoms with Crippen LogP contribution in [-0.4, -0.2) is 36.1 Å². The van der Waals surface area contributed by atoms with Gasteiger partial charge in [0.25, 0.3) is 0 Å². The Kier molecular flexibility index (Phi) is 15.8. The molecule has 5 heterocycles. The van der Waals surface area contributed by atoms with Crippen molar-refractivity contribution in [2.24, 2.45) is 0 Å². The van der Waals surface area contributed by atoms with E-state index in [0.717, 1.165) is 89.4 Å². The summed E-state index contributed by atoms with van der Waals surface area (Å²) in [5.41, 5.74) is 36.9. The maximum atomic E-state index is 5.68. The van der Waals surface area contributed by atoms with Gasteiger partial charge < -0.3 is 9.97 Å². The van der Waals surface area contributed by atoms with Crippen LogP contribution in [0.2, 0.25) is 33.2 Å². The molecule has 7 aromatic rings. The fourth-order valence-corrected chi connectivity index (χ4v) is 24.6. The van der Waals surface area contributed by atoms with Gasteiger partial charge in [0.05, 0.1) is 22.8 Å². The van der Waals surface area contributed by atoms with E-state index in [1.165, 1.54) is 44.5 Å². The smallest absolute Gasteiger partial charge is 0.146 e. The molecule has 0 atom stereocenters. The van der Waals surface area contributed by atoms with Crippen molar-refractivity contribution in [2.75, 3.05) is 0 Å². The Bertz CT molecular complexity index is 3480. The van der Waals surface area contributed by atoms with Gasteiger partial charge in [-0.15, -0.1) is 11.1 Å². The van der Waals surface area contributed by atoms with Crippen molar-refractivity contribution in [3.8, 4) is 67.4 Å². The van der Waals surface area contributed by atoms with E-state index in [-0.39, 0.29) is 0 Å². The van der Waals surface area contributed by atoms with E-state index in [4.69, 9.17) is 9.97 Å². The summed E-state index contributed by atoms with van der Waals surface area (Å²) >= 11 is 0. The molecule has 0 aliphatic carbocycles. The molecule has 8 bridgehead atoms. The second-order valence-corrected chi connectivity index (χ2v) is 35.7. The average molecular weight is 1060 g/mol. The van der Waals surface area contributed by atoms with Gasteiger partial charge >= 0.3 is 0 Å². The fraction of sp³-hybridized carbons (Fsp3) is 0.333. The summed E-state index contributed by atoms with van der Waals surface area (Å²) in [5.74, 6) is 7.42. The molecule has 0 spiro atoms. The van der Waals surface area contributed by atoms with Crippen LogP contribution in [0.3, 0.4) is 0 Å².